The maximum Gasteiger partial charge on any atom is 0.111 e. The maximum absolute atomic E-state index is 6.03. The number of hydrogen-bond acceptors (Lipinski definition) is 3. The summed E-state index contributed by atoms with van der Waals surface area (Å²) < 4.78 is 12.6. The minimum atomic E-state index is 0.557. The minimum Gasteiger partial charge on any atom is -0.382 e. The van der Waals surface area contributed by atoms with Crippen LogP contribution in [0.25, 0.3) is 11.0 Å². The van der Waals surface area contributed by atoms with E-state index in [2.05, 4.69) is 9.55 Å². The van der Waals surface area contributed by atoms with Gasteiger partial charge in [0, 0.05) is 37.6 Å². The van der Waals surface area contributed by atoms with Gasteiger partial charge in [-0.3, -0.25) is 0 Å². The summed E-state index contributed by atoms with van der Waals surface area (Å²) >= 11 is 11.9. The number of aromatic nitrogens is 2. The highest BCUT2D eigenvalue weighted by Gasteiger charge is 2.10. The molecule has 0 atom stereocenters. The molecule has 0 aliphatic carbocycles. The van der Waals surface area contributed by atoms with Crippen molar-refractivity contribution in [2.75, 3.05) is 32.8 Å². The quantitative estimate of drug-likeness (QED) is 0.521. The zero-order chi connectivity index (χ0) is 15.1. The van der Waals surface area contributed by atoms with Crippen LogP contribution in [-0.2, 0) is 22.4 Å². The first kappa shape index (κ1) is 16.6. The van der Waals surface area contributed by atoms with Crippen molar-refractivity contribution in [2.45, 2.75) is 19.4 Å². The van der Waals surface area contributed by atoms with Crippen molar-refractivity contribution in [1.29, 1.82) is 0 Å². The number of rotatable bonds is 9. The molecule has 2 aromatic rings. The van der Waals surface area contributed by atoms with E-state index in [9.17, 15) is 0 Å². The lowest BCUT2D eigenvalue weighted by Crippen LogP contribution is -2.09. The largest absolute Gasteiger partial charge is 0.382 e. The number of hydrogen-bond donors (Lipinski definition) is 0. The molecule has 2 rings (SSSR count). The van der Waals surface area contributed by atoms with Gasteiger partial charge in [0.2, 0.25) is 0 Å². The van der Waals surface area contributed by atoms with E-state index in [-0.39, 0.29) is 0 Å². The summed E-state index contributed by atoms with van der Waals surface area (Å²) in [6, 6.07) is 5.79. The Morgan fingerprint density at radius 1 is 1.24 bits per heavy atom. The zero-order valence-corrected chi connectivity index (χ0v) is 13.7. The molecule has 0 aliphatic rings. The van der Waals surface area contributed by atoms with E-state index < -0.39 is 0 Å². The molecule has 0 saturated carbocycles. The average molecular weight is 331 g/mol. The van der Waals surface area contributed by atoms with Crippen LogP contribution in [0.5, 0.6) is 0 Å². The Balaban J connectivity index is 2.04. The molecule has 6 heteroatoms. The second-order valence-corrected chi connectivity index (χ2v) is 5.52. The summed E-state index contributed by atoms with van der Waals surface area (Å²) in [4.78, 5) is 4.62. The van der Waals surface area contributed by atoms with E-state index in [1.54, 1.807) is 7.11 Å². The second-order valence-electron chi connectivity index (χ2n) is 4.71. The van der Waals surface area contributed by atoms with Crippen molar-refractivity contribution in [3.8, 4) is 0 Å². The lowest BCUT2D eigenvalue weighted by atomic mass is 10.3. The van der Waals surface area contributed by atoms with Gasteiger partial charge in [-0.1, -0.05) is 11.6 Å². The van der Waals surface area contributed by atoms with Crippen molar-refractivity contribution in [1.82, 2.24) is 9.55 Å². The number of methoxy groups -OCH3 is 1. The molecular formula is C15H20Cl2N2O2. The van der Waals surface area contributed by atoms with Gasteiger partial charge in [0.15, 0.2) is 0 Å². The van der Waals surface area contributed by atoms with Gasteiger partial charge in [-0.25, -0.2) is 4.98 Å². The van der Waals surface area contributed by atoms with Crippen molar-refractivity contribution in [3.63, 3.8) is 0 Å². The number of alkyl halides is 1. The van der Waals surface area contributed by atoms with Gasteiger partial charge in [-0.2, -0.15) is 0 Å². The normalized spacial score (nSPS) is 11.4. The predicted molar refractivity (Wildman–Crippen MR) is 86.5 cm³/mol. The molecule has 0 spiro atoms. The minimum absolute atomic E-state index is 0.557. The third kappa shape index (κ3) is 4.58. The van der Waals surface area contributed by atoms with E-state index >= 15 is 0 Å². The molecule has 21 heavy (non-hydrogen) atoms. The Hall–Kier alpha value is -0.810. The number of halogens is 2. The molecule has 1 aromatic carbocycles. The first-order valence-corrected chi connectivity index (χ1v) is 7.95. The van der Waals surface area contributed by atoms with Crippen LogP contribution in [0.15, 0.2) is 18.2 Å². The highest BCUT2D eigenvalue weighted by molar-refractivity contribution is 6.31. The monoisotopic (exact) mass is 330 g/mol. The van der Waals surface area contributed by atoms with Crippen molar-refractivity contribution in [2.24, 2.45) is 0 Å². The zero-order valence-electron chi connectivity index (χ0n) is 12.1. The fourth-order valence-electron chi connectivity index (χ4n) is 2.25. The summed E-state index contributed by atoms with van der Waals surface area (Å²) in [5.74, 6) is 1.56. The van der Waals surface area contributed by atoms with E-state index in [0.29, 0.717) is 30.7 Å². The first-order valence-electron chi connectivity index (χ1n) is 7.03. The Kier molecular flexibility index (Phi) is 6.77. The van der Waals surface area contributed by atoms with Crippen LogP contribution in [-0.4, -0.2) is 42.4 Å². The molecule has 0 saturated heterocycles. The van der Waals surface area contributed by atoms with Crippen molar-refractivity contribution >= 4 is 34.2 Å². The molecule has 0 radical (unpaired) electrons. The van der Waals surface area contributed by atoms with Crippen LogP contribution in [0.4, 0.5) is 0 Å². The SMILES string of the molecule is COCCOCCCn1c(CCCl)nc2cc(Cl)ccc21. The van der Waals surface area contributed by atoms with Crippen LogP contribution in [0.2, 0.25) is 5.02 Å². The molecule has 116 valence electrons. The number of benzene rings is 1. The summed E-state index contributed by atoms with van der Waals surface area (Å²) in [5, 5.41) is 0.701. The Labute approximate surface area is 135 Å². The smallest absolute Gasteiger partial charge is 0.111 e. The van der Waals surface area contributed by atoms with Gasteiger partial charge < -0.3 is 14.0 Å². The molecule has 1 aromatic heterocycles. The van der Waals surface area contributed by atoms with Gasteiger partial charge >= 0.3 is 0 Å². The summed E-state index contributed by atoms with van der Waals surface area (Å²) in [6.45, 7) is 2.82. The van der Waals surface area contributed by atoms with Gasteiger partial charge in [-0.15, -0.1) is 11.6 Å². The van der Waals surface area contributed by atoms with E-state index in [0.717, 1.165) is 36.2 Å². The van der Waals surface area contributed by atoms with Crippen LogP contribution in [0.3, 0.4) is 0 Å². The molecular weight excluding hydrogens is 311 g/mol. The number of aryl methyl sites for hydroxylation is 2. The second kappa shape index (κ2) is 8.59. The Bertz CT molecular complexity index is 572. The highest BCUT2D eigenvalue weighted by Crippen LogP contribution is 2.21. The molecule has 0 amide bonds. The number of imidazole rings is 1. The summed E-state index contributed by atoms with van der Waals surface area (Å²) in [7, 11) is 1.67. The van der Waals surface area contributed by atoms with Crippen LogP contribution in [0, 0.1) is 0 Å². The fraction of sp³-hybridized carbons (Fsp3) is 0.533. The molecule has 4 nitrogen and oxygen atoms in total. The van der Waals surface area contributed by atoms with E-state index in [4.69, 9.17) is 32.7 Å². The van der Waals surface area contributed by atoms with Gasteiger partial charge in [0.1, 0.15) is 5.82 Å². The number of fused-ring (bicyclic) bond motifs is 1. The van der Waals surface area contributed by atoms with E-state index in [1.165, 1.54) is 0 Å². The maximum atomic E-state index is 6.03. The van der Waals surface area contributed by atoms with Gasteiger partial charge in [-0.05, 0) is 24.6 Å². The predicted octanol–water partition coefficient (Wildman–Crippen LogP) is 3.52. The topological polar surface area (TPSA) is 36.3 Å². The molecule has 1 heterocycles. The lowest BCUT2D eigenvalue weighted by Gasteiger charge is -2.09. The van der Waals surface area contributed by atoms with Crippen LogP contribution >= 0.6 is 23.2 Å². The van der Waals surface area contributed by atoms with Crippen LogP contribution < -0.4 is 0 Å². The first-order chi connectivity index (χ1) is 10.3. The van der Waals surface area contributed by atoms with Gasteiger partial charge in [0.05, 0.1) is 24.2 Å². The fourth-order valence-corrected chi connectivity index (χ4v) is 2.58. The molecule has 0 unspecified atom stereocenters. The molecule has 0 N–H and O–H groups in total. The molecule has 0 aliphatic heterocycles. The highest BCUT2D eigenvalue weighted by atomic mass is 35.5. The number of nitrogens with zero attached hydrogens (tertiary/aromatic N) is 2. The van der Waals surface area contributed by atoms with Crippen LogP contribution in [0.1, 0.15) is 12.2 Å². The van der Waals surface area contributed by atoms with Crippen molar-refractivity contribution in [3.05, 3.63) is 29.0 Å². The molecule has 0 bridgehead atoms. The Morgan fingerprint density at radius 2 is 2.10 bits per heavy atom. The lowest BCUT2D eigenvalue weighted by molar-refractivity contribution is 0.0680. The van der Waals surface area contributed by atoms with Crippen molar-refractivity contribution < 1.29 is 9.47 Å². The Morgan fingerprint density at radius 3 is 2.86 bits per heavy atom. The number of ether oxygens (including phenoxy) is 2. The van der Waals surface area contributed by atoms with E-state index in [1.807, 2.05) is 18.2 Å². The van der Waals surface area contributed by atoms with Gasteiger partial charge in [0.25, 0.3) is 0 Å². The third-order valence-corrected chi connectivity index (χ3v) is 3.63. The average Bonchev–Trinajstić information content (AvgIpc) is 2.80. The molecule has 0 fully saturated rings. The summed E-state index contributed by atoms with van der Waals surface area (Å²) in [5.41, 5.74) is 2.01. The summed E-state index contributed by atoms with van der Waals surface area (Å²) in [6.07, 6.45) is 1.67. The standard InChI is InChI=1S/C15H20Cl2N2O2/c1-20-9-10-21-8-2-7-19-14-4-3-12(17)11-13(14)18-15(19)5-6-16/h3-4,11H,2,5-10H2,1H3. The third-order valence-electron chi connectivity index (χ3n) is 3.21.